The smallest absolute Gasteiger partial charge is 0.134 e. The molecule has 1 heterocycles. The molecule has 1 rings (SSSR count). The molecule has 102 valence electrons. The number of aryl methyl sites for hydroxylation is 1. The third-order valence-corrected chi connectivity index (χ3v) is 3.02. The Bertz CT molecular complexity index is 397. The van der Waals surface area contributed by atoms with Crippen molar-refractivity contribution in [2.75, 3.05) is 37.0 Å². The number of anilines is 2. The molecule has 0 saturated carbocycles. The molecule has 18 heavy (non-hydrogen) atoms. The zero-order valence-corrected chi connectivity index (χ0v) is 12.4. The molecule has 0 amide bonds. The Labute approximate surface area is 110 Å². The van der Waals surface area contributed by atoms with Crippen molar-refractivity contribution in [2.24, 2.45) is 5.73 Å². The van der Waals surface area contributed by atoms with Crippen molar-refractivity contribution in [3.63, 3.8) is 0 Å². The van der Waals surface area contributed by atoms with Crippen LogP contribution >= 0.6 is 0 Å². The van der Waals surface area contributed by atoms with Crippen molar-refractivity contribution in [3.05, 3.63) is 11.9 Å². The Kier molecular flexibility index (Phi) is 4.51. The maximum atomic E-state index is 5.58. The molecule has 1 aromatic heterocycles. The lowest BCUT2D eigenvalue weighted by molar-refractivity contribution is 0.533. The molecule has 0 spiro atoms. The minimum atomic E-state index is 0.0322. The molecular formula is C13H25N5. The van der Waals surface area contributed by atoms with Crippen LogP contribution in [0.5, 0.6) is 0 Å². The van der Waals surface area contributed by atoms with Gasteiger partial charge in [0, 0.05) is 38.8 Å². The fourth-order valence-corrected chi connectivity index (χ4v) is 1.56. The van der Waals surface area contributed by atoms with E-state index in [-0.39, 0.29) is 5.54 Å². The van der Waals surface area contributed by atoms with Gasteiger partial charge in [-0.25, -0.2) is 9.97 Å². The molecule has 0 radical (unpaired) electrons. The Hall–Kier alpha value is -1.36. The number of rotatable bonds is 4. The summed E-state index contributed by atoms with van der Waals surface area (Å²) in [5.41, 5.74) is 5.61. The van der Waals surface area contributed by atoms with Crippen LogP contribution in [0.4, 0.5) is 11.6 Å². The highest BCUT2D eigenvalue weighted by atomic mass is 15.2. The predicted molar refractivity (Wildman–Crippen MR) is 77.2 cm³/mol. The van der Waals surface area contributed by atoms with Crippen LogP contribution in [-0.2, 0) is 0 Å². The molecule has 0 bridgehead atoms. The highest BCUT2D eigenvalue weighted by Gasteiger charge is 2.20. The number of nitrogens with two attached hydrogens (primary N) is 1. The summed E-state index contributed by atoms with van der Waals surface area (Å²) in [6.45, 7) is 9.80. The normalized spacial score (nSPS) is 11.5. The maximum absolute atomic E-state index is 5.58. The Morgan fingerprint density at radius 1 is 1.17 bits per heavy atom. The second kappa shape index (κ2) is 5.52. The largest absolute Gasteiger partial charge is 0.358 e. The van der Waals surface area contributed by atoms with Crippen LogP contribution in [0.1, 0.15) is 26.6 Å². The van der Waals surface area contributed by atoms with Gasteiger partial charge in [0.15, 0.2) is 0 Å². The molecule has 5 heteroatoms. The molecule has 0 saturated heterocycles. The summed E-state index contributed by atoms with van der Waals surface area (Å²) in [7, 11) is 4.05. The van der Waals surface area contributed by atoms with E-state index in [0.717, 1.165) is 24.0 Å². The molecular weight excluding hydrogens is 226 g/mol. The lowest BCUT2D eigenvalue weighted by Gasteiger charge is -2.33. The number of nitrogens with zero attached hydrogens (tertiary/aromatic N) is 4. The monoisotopic (exact) mass is 251 g/mol. The summed E-state index contributed by atoms with van der Waals surface area (Å²) >= 11 is 0. The SMILES string of the molecule is Cc1nc(N(C)CCN)cc(N(C)C(C)(C)C)n1. The van der Waals surface area contributed by atoms with Crippen molar-refractivity contribution in [1.29, 1.82) is 0 Å². The number of aromatic nitrogens is 2. The summed E-state index contributed by atoms with van der Waals surface area (Å²) in [6, 6.07) is 2.01. The molecule has 1 aromatic rings. The van der Waals surface area contributed by atoms with Crippen molar-refractivity contribution < 1.29 is 0 Å². The molecule has 2 N–H and O–H groups in total. The average molecular weight is 251 g/mol. The van der Waals surface area contributed by atoms with Crippen molar-refractivity contribution in [3.8, 4) is 0 Å². The van der Waals surface area contributed by atoms with E-state index in [2.05, 4.69) is 47.6 Å². The number of likely N-dealkylation sites (N-methyl/N-ethyl adjacent to an activating group) is 1. The van der Waals surface area contributed by atoms with Crippen LogP contribution in [-0.4, -0.2) is 42.7 Å². The summed E-state index contributed by atoms with van der Waals surface area (Å²) in [5.74, 6) is 2.63. The standard InChI is InChI=1S/C13H25N5/c1-10-15-11(17(5)8-7-14)9-12(16-10)18(6)13(2,3)4/h9H,7-8,14H2,1-6H3. The van der Waals surface area contributed by atoms with E-state index in [1.54, 1.807) is 0 Å². The molecule has 5 nitrogen and oxygen atoms in total. The molecule has 0 atom stereocenters. The number of hydrogen-bond donors (Lipinski definition) is 1. The van der Waals surface area contributed by atoms with E-state index < -0.39 is 0 Å². The van der Waals surface area contributed by atoms with Crippen molar-refractivity contribution >= 4 is 11.6 Å². The third kappa shape index (κ3) is 3.57. The fraction of sp³-hybridized carbons (Fsp3) is 0.692. The minimum absolute atomic E-state index is 0.0322. The highest BCUT2D eigenvalue weighted by molar-refractivity contribution is 5.51. The first-order valence-electron chi connectivity index (χ1n) is 6.26. The third-order valence-electron chi connectivity index (χ3n) is 3.02. The first-order valence-corrected chi connectivity index (χ1v) is 6.26. The van der Waals surface area contributed by atoms with Gasteiger partial charge in [-0.3, -0.25) is 0 Å². The quantitative estimate of drug-likeness (QED) is 0.877. The van der Waals surface area contributed by atoms with E-state index in [4.69, 9.17) is 5.73 Å². The van der Waals surface area contributed by atoms with E-state index in [1.807, 2.05) is 20.0 Å². The van der Waals surface area contributed by atoms with E-state index in [9.17, 15) is 0 Å². The summed E-state index contributed by atoms with van der Waals surface area (Å²) < 4.78 is 0. The minimum Gasteiger partial charge on any atom is -0.358 e. The van der Waals surface area contributed by atoms with Gasteiger partial charge in [-0.05, 0) is 27.7 Å². The zero-order valence-electron chi connectivity index (χ0n) is 12.4. The molecule has 0 unspecified atom stereocenters. The summed E-state index contributed by atoms with van der Waals surface area (Å²) in [6.07, 6.45) is 0. The van der Waals surface area contributed by atoms with Crippen LogP contribution in [0, 0.1) is 6.92 Å². The average Bonchev–Trinajstić information content (AvgIpc) is 2.26. The second-order valence-electron chi connectivity index (χ2n) is 5.57. The zero-order chi connectivity index (χ0) is 13.9. The molecule has 0 aromatic carbocycles. The van der Waals surface area contributed by atoms with Crippen LogP contribution in [0.3, 0.4) is 0 Å². The van der Waals surface area contributed by atoms with Gasteiger partial charge < -0.3 is 15.5 Å². The van der Waals surface area contributed by atoms with Crippen molar-refractivity contribution in [2.45, 2.75) is 33.2 Å². The van der Waals surface area contributed by atoms with Gasteiger partial charge in [0.25, 0.3) is 0 Å². The van der Waals surface area contributed by atoms with Crippen LogP contribution < -0.4 is 15.5 Å². The molecule has 0 aliphatic rings. The van der Waals surface area contributed by atoms with Crippen LogP contribution in [0.15, 0.2) is 6.07 Å². The summed E-state index contributed by atoms with van der Waals surface area (Å²) in [5, 5.41) is 0. The van der Waals surface area contributed by atoms with Gasteiger partial charge in [-0.1, -0.05) is 0 Å². The summed E-state index contributed by atoms with van der Waals surface area (Å²) in [4.78, 5) is 13.2. The van der Waals surface area contributed by atoms with Gasteiger partial charge in [0.2, 0.25) is 0 Å². The number of hydrogen-bond acceptors (Lipinski definition) is 5. The topological polar surface area (TPSA) is 58.3 Å². The lowest BCUT2D eigenvalue weighted by atomic mass is 10.1. The van der Waals surface area contributed by atoms with E-state index >= 15 is 0 Å². The van der Waals surface area contributed by atoms with Crippen molar-refractivity contribution in [1.82, 2.24) is 9.97 Å². The van der Waals surface area contributed by atoms with Gasteiger partial charge in [-0.15, -0.1) is 0 Å². The highest BCUT2D eigenvalue weighted by Crippen LogP contribution is 2.23. The van der Waals surface area contributed by atoms with E-state index in [1.165, 1.54) is 0 Å². The van der Waals surface area contributed by atoms with Crippen LogP contribution in [0.2, 0.25) is 0 Å². The first-order chi connectivity index (χ1) is 8.25. The Balaban J connectivity index is 3.08. The van der Waals surface area contributed by atoms with E-state index in [0.29, 0.717) is 6.54 Å². The Morgan fingerprint density at radius 2 is 1.72 bits per heavy atom. The van der Waals surface area contributed by atoms with Gasteiger partial charge in [0.05, 0.1) is 0 Å². The van der Waals surface area contributed by atoms with Crippen LogP contribution in [0.25, 0.3) is 0 Å². The molecule has 0 aliphatic carbocycles. The fourth-order valence-electron chi connectivity index (χ4n) is 1.56. The maximum Gasteiger partial charge on any atom is 0.134 e. The predicted octanol–water partition coefficient (Wildman–Crippen LogP) is 1.41. The molecule has 0 fully saturated rings. The van der Waals surface area contributed by atoms with Gasteiger partial charge >= 0.3 is 0 Å². The second-order valence-corrected chi connectivity index (χ2v) is 5.57. The Morgan fingerprint density at radius 3 is 2.22 bits per heavy atom. The lowest BCUT2D eigenvalue weighted by Crippen LogP contribution is -2.39. The molecule has 0 aliphatic heterocycles. The first kappa shape index (κ1) is 14.7. The van der Waals surface area contributed by atoms with Gasteiger partial charge in [0.1, 0.15) is 17.5 Å². The van der Waals surface area contributed by atoms with Gasteiger partial charge in [-0.2, -0.15) is 0 Å².